The van der Waals surface area contributed by atoms with Crippen LogP contribution in [0, 0.1) is 0 Å². The van der Waals surface area contributed by atoms with Crippen molar-refractivity contribution in [2.75, 3.05) is 13.2 Å². The second-order valence-corrected chi connectivity index (χ2v) is 20.6. The SMILES string of the molecule is CC/C=C\C/C=C\C/C=C\C/C=C\C/C=C\CC(=O)OC(COC(=O)CCCCCCCCC/C=C\CCCCCCCC)COC1OC(C(=O)O)C(O)C(O)C1OC(=O)CCCCCCC/C=C\CCCCCCCC. The fraction of sp³-hybridized carbons (Fsp3) is 0.723. The zero-order valence-electron chi connectivity index (χ0n) is 48.4. The van der Waals surface area contributed by atoms with Gasteiger partial charge in [0.2, 0.25) is 0 Å². The van der Waals surface area contributed by atoms with Crippen molar-refractivity contribution >= 4 is 23.9 Å². The summed E-state index contributed by atoms with van der Waals surface area (Å²) in [6.07, 6.45) is 55.8. The number of aliphatic hydroxyl groups excluding tert-OH is 2. The fourth-order valence-electron chi connectivity index (χ4n) is 8.79. The summed E-state index contributed by atoms with van der Waals surface area (Å²) in [5.74, 6) is -3.30. The smallest absolute Gasteiger partial charge is 0.335 e. The zero-order chi connectivity index (χ0) is 56.1. The van der Waals surface area contributed by atoms with Gasteiger partial charge >= 0.3 is 23.9 Å². The molecule has 12 nitrogen and oxygen atoms in total. The maximum atomic E-state index is 13.1. The Morgan fingerprint density at radius 1 is 0.455 bits per heavy atom. The van der Waals surface area contributed by atoms with E-state index in [0.29, 0.717) is 19.3 Å². The Balaban J connectivity index is 2.74. The lowest BCUT2D eigenvalue weighted by atomic mass is 9.98. The Morgan fingerprint density at radius 2 is 0.857 bits per heavy atom. The van der Waals surface area contributed by atoms with Crippen molar-refractivity contribution in [1.29, 1.82) is 0 Å². The molecule has 1 aliphatic heterocycles. The molecule has 1 saturated heterocycles. The van der Waals surface area contributed by atoms with E-state index in [1.807, 2.05) is 12.2 Å². The molecule has 6 atom stereocenters. The van der Waals surface area contributed by atoms with E-state index < -0.39 is 67.3 Å². The highest BCUT2D eigenvalue weighted by atomic mass is 16.7. The molecule has 1 fully saturated rings. The number of aliphatic hydroxyl groups is 2. The Hall–Kier alpha value is -4.10. The number of allylic oxidation sites excluding steroid dienone is 13. The lowest BCUT2D eigenvalue weighted by molar-refractivity contribution is -0.301. The van der Waals surface area contributed by atoms with E-state index in [-0.39, 0.29) is 25.9 Å². The van der Waals surface area contributed by atoms with Crippen LogP contribution in [0.15, 0.2) is 85.1 Å². The fourth-order valence-corrected chi connectivity index (χ4v) is 8.79. The van der Waals surface area contributed by atoms with E-state index in [2.05, 4.69) is 87.6 Å². The average molecular weight is 1080 g/mol. The lowest BCUT2D eigenvalue weighted by Gasteiger charge is -2.40. The predicted molar refractivity (Wildman–Crippen MR) is 312 cm³/mol. The number of carbonyl (C=O) groups excluding carboxylic acids is 3. The summed E-state index contributed by atoms with van der Waals surface area (Å²) in [5, 5.41) is 31.5. The van der Waals surface area contributed by atoms with Gasteiger partial charge in [-0.3, -0.25) is 14.4 Å². The highest BCUT2D eigenvalue weighted by Crippen LogP contribution is 2.26. The third-order valence-corrected chi connectivity index (χ3v) is 13.5. The van der Waals surface area contributed by atoms with Crippen molar-refractivity contribution in [3.63, 3.8) is 0 Å². The molecule has 0 bridgehead atoms. The molecular formula is C65H108O12. The molecule has 77 heavy (non-hydrogen) atoms. The van der Waals surface area contributed by atoms with Crippen molar-refractivity contribution in [2.24, 2.45) is 0 Å². The van der Waals surface area contributed by atoms with Crippen LogP contribution in [0.4, 0.5) is 0 Å². The monoisotopic (exact) mass is 1080 g/mol. The van der Waals surface area contributed by atoms with Gasteiger partial charge in [-0.05, 0) is 96.3 Å². The van der Waals surface area contributed by atoms with Crippen LogP contribution in [0.3, 0.4) is 0 Å². The second-order valence-electron chi connectivity index (χ2n) is 20.6. The molecule has 3 N–H and O–H groups in total. The Kier molecular flexibility index (Phi) is 48.4. The molecule has 0 aromatic heterocycles. The van der Waals surface area contributed by atoms with Gasteiger partial charge in [0.05, 0.1) is 13.0 Å². The number of carboxylic acid groups (broad SMARTS) is 1. The van der Waals surface area contributed by atoms with Gasteiger partial charge in [0.15, 0.2) is 24.6 Å². The van der Waals surface area contributed by atoms with Gasteiger partial charge in [-0.1, -0.05) is 221 Å². The van der Waals surface area contributed by atoms with Crippen molar-refractivity contribution < 1.29 is 58.2 Å². The number of hydrogen-bond acceptors (Lipinski definition) is 11. The minimum Gasteiger partial charge on any atom is -0.479 e. The van der Waals surface area contributed by atoms with Crippen LogP contribution >= 0.6 is 0 Å². The maximum Gasteiger partial charge on any atom is 0.335 e. The first-order valence-corrected chi connectivity index (χ1v) is 30.6. The number of aliphatic carboxylic acids is 1. The van der Waals surface area contributed by atoms with Gasteiger partial charge in [-0.2, -0.15) is 0 Å². The molecule has 0 aromatic rings. The number of unbranched alkanes of at least 4 members (excludes halogenated alkanes) is 24. The van der Waals surface area contributed by atoms with Gasteiger partial charge in [-0.25, -0.2) is 4.79 Å². The van der Waals surface area contributed by atoms with Crippen LogP contribution in [-0.2, 0) is 42.9 Å². The zero-order valence-corrected chi connectivity index (χ0v) is 48.4. The topological polar surface area (TPSA) is 175 Å². The van der Waals surface area contributed by atoms with Crippen molar-refractivity contribution in [3.8, 4) is 0 Å². The third-order valence-electron chi connectivity index (χ3n) is 13.5. The van der Waals surface area contributed by atoms with Crippen LogP contribution in [0.25, 0.3) is 0 Å². The number of ether oxygens (including phenoxy) is 5. The molecule has 12 heteroatoms. The molecule has 0 spiro atoms. The summed E-state index contributed by atoms with van der Waals surface area (Å²) in [7, 11) is 0. The summed E-state index contributed by atoms with van der Waals surface area (Å²) in [4.78, 5) is 51.1. The van der Waals surface area contributed by atoms with E-state index in [1.165, 1.54) is 96.3 Å². The largest absolute Gasteiger partial charge is 0.479 e. The quantitative estimate of drug-likeness (QED) is 0.0228. The molecule has 6 unspecified atom stereocenters. The second kappa shape index (κ2) is 52.6. The van der Waals surface area contributed by atoms with Gasteiger partial charge < -0.3 is 39.0 Å². The standard InChI is InChI=1S/C65H108O12/c1-4-7-10-13-16-19-22-25-28-29-32-33-36-39-42-45-48-51-57(66)73-54-56(75-58(67)52-49-46-43-40-37-34-30-26-23-20-17-14-11-8-5-2)55-74-65-63(61(70)60(69)62(77-65)64(71)72)76-59(68)53-50-47-44-41-38-35-31-27-24-21-18-15-12-9-6-3/h8,11,17,20,25-28,30-31,37,40,46,49,56,60-63,65,69-70H,4-7,9-10,12-16,18-19,21-24,29,32-36,38-39,41-45,47-48,50-55H2,1-3H3,(H,71,72)/b11-8-,20-17-,28-25-,30-26-,31-27-,40-37-,49-46-. The summed E-state index contributed by atoms with van der Waals surface area (Å²) in [5.41, 5.74) is 0. The molecule has 1 aliphatic rings. The van der Waals surface area contributed by atoms with Gasteiger partial charge in [0.25, 0.3) is 0 Å². The van der Waals surface area contributed by atoms with Crippen LogP contribution in [-0.4, -0.2) is 89.2 Å². The van der Waals surface area contributed by atoms with Gasteiger partial charge in [0, 0.05) is 12.8 Å². The average Bonchev–Trinajstić information content (AvgIpc) is 3.43. The van der Waals surface area contributed by atoms with Crippen molar-refractivity contribution in [2.45, 2.75) is 289 Å². The van der Waals surface area contributed by atoms with Crippen LogP contribution in [0.1, 0.15) is 252 Å². The minimum absolute atomic E-state index is 0.0375. The molecule has 0 aromatic carbocycles. The molecule has 0 amide bonds. The van der Waals surface area contributed by atoms with Gasteiger partial charge in [0.1, 0.15) is 18.8 Å². The predicted octanol–water partition coefficient (Wildman–Crippen LogP) is 15.9. The Labute approximate surface area is 467 Å². The molecule has 1 rings (SSSR count). The lowest BCUT2D eigenvalue weighted by Crippen LogP contribution is -2.61. The molecule has 1 heterocycles. The van der Waals surface area contributed by atoms with Gasteiger partial charge in [-0.15, -0.1) is 0 Å². The summed E-state index contributed by atoms with van der Waals surface area (Å²) in [6, 6.07) is 0. The van der Waals surface area contributed by atoms with Crippen LogP contribution in [0.5, 0.6) is 0 Å². The third kappa shape index (κ3) is 42.5. The first kappa shape index (κ1) is 70.9. The summed E-state index contributed by atoms with van der Waals surface area (Å²) >= 11 is 0. The van der Waals surface area contributed by atoms with E-state index >= 15 is 0 Å². The molecule has 0 aliphatic carbocycles. The number of carboxylic acids is 1. The number of carbonyl (C=O) groups is 4. The normalized spacial score (nSPS) is 18.6. The van der Waals surface area contributed by atoms with E-state index in [1.54, 1.807) is 6.08 Å². The van der Waals surface area contributed by atoms with Crippen molar-refractivity contribution in [1.82, 2.24) is 0 Å². The number of hydrogen-bond donors (Lipinski definition) is 3. The highest BCUT2D eigenvalue weighted by Gasteiger charge is 2.50. The van der Waals surface area contributed by atoms with E-state index in [0.717, 1.165) is 96.3 Å². The first-order chi connectivity index (χ1) is 37.6. The molecule has 0 saturated carbocycles. The van der Waals surface area contributed by atoms with Crippen LogP contribution in [0.2, 0.25) is 0 Å². The van der Waals surface area contributed by atoms with E-state index in [9.17, 15) is 34.5 Å². The van der Waals surface area contributed by atoms with E-state index in [4.69, 9.17) is 23.7 Å². The molecule has 440 valence electrons. The number of esters is 3. The Morgan fingerprint density at radius 3 is 1.30 bits per heavy atom. The molecular weight excluding hydrogens is 973 g/mol. The number of rotatable bonds is 51. The van der Waals surface area contributed by atoms with Crippen molar-refractivity contribution in [3.05, 3.63) is 85.1 Å². The van der Waals surface area contributed by atoms with Crippen LogP contribution < -0.4 is 0 Å². The summed E-state index contributed by atoms with van der Waals surface area (Å²) < 4.78 is 28.3. The Bertz CT molecular complexity index is 1660. The first-order valence-electron chi connectivity index (χ1n) is 30.6. The summed E-state index contributed by atoms with van der Waals surface area (Å²) in [6.45, 7) is 5.79. The molecule has 0 radical (unpaired) electrons. The maximum absolute atomic E-state index is 13.1. The minimum atomic E-state index is -1.92. The highest BCUT2D eigenvalue weighted by molar-refractivity contribution is 5.74.